The molecule has 10 heteroatoms. The van der Waals surface area contributed by atoms with Crippen LogP contribution in [-0.4, -0.2) is 45.7 Å². The van der Waals surface area contributed by atoms with Crippen LogP contribution in [0.1, 0.15) is 22.8 Å². The zero-order valence-corrected chi connectivity index (χ0v) is 18.9. The molecule has 0 bridgehead atoms. The molecular formula is C21H23IN4O5. The fourth-order valence-electron chi connectivity index (χ4n) is 2.46. The number of halogens is 1. The molecule has 164 valence electrons. The normalized spacial score (nSPS) is 11.2. The van der Waals surface area contributed by atoms with E-state index in [1.54, 1.807) is 36.4 Å². The third kappa shape index (κ3) is 7.98. The fourth-order valence-corrected chi connectivity index (χ4v) is 2.65. The van der Waals surface area contributed by atoms with Gasteiger partial charge in [0.05, 0.1) is 17.6 Å². The van der Waals surface area contributed by atoms with Crippen LogP contribution in [0.2, 0.25) is 0 Å². The van der Waals surface area contributed by atoms with Gasteiger partial charge in [-0.1, -0.05) is 34.7 Å². The number of benzene rings is 2. The van der Waals surface area contributed by atoms with Crippen LogP contribution in [0.4, 0.5) is 11.4 Å². The second-order valence-corrected chi connectivity index (χ2v) is 7.34. The number of anilines is 2. The van der Waals surface area contributed by atoms with Crippen molar-refractivity contribution in [2.75, 3.05) is 21.6 Å². The first-order chi connectivity index (χ1) is 14.8. The number of alkyl halides is 1. The lowest BCUT2D eigenvalue weighted by atomic mass is 10.2. The van der Waals surface area contributed by atoms with Gasteiger partial charge in [0.1, 0.15) is 6.04 Å². The minimum Gasteiger partial charge on any atom is -0.392 e. The van der Waals surface area contributed by atoms with Gasteiger partial charge >= 0.3 is 0 Å². The molecule has 5 N–H and O–H groups in total. The van der Waals surface area contributed by atoms with Crippen molar-refractivity contribution in [3.05, 3.63) is 59.7 Å². The van der Waals surface area contributed by atoms with Crippen LogP contribution in [-0.2, 0) is 21.0 Å². The lowest BCUT2D eigenvalue weighted by Crippen LogP contribution is -2.45. The quantitative estimate of drug-likeness (QED) is 0.243. The largest absolute Gasteiger partial charge is 0.392 e. The Morgan fingerprint density at radius 2 is 1.48 bits per heavy atom. The maximum atomic E-state index is 12.2. The van der Waals surface area contributed by atoms with Crippen molar-refractivity contribution >= 4 is 57.6 Å². The van der Waals surface area contributed by atoms with E-state index in [4.69, 9.17) is 5.11 Å². The van der Waals surface area contributed by atoms with Gasteiger partial charge in [-0.25, -0.2) is 0 Å². The molecular weight excluding hydrogens is 515 g/mol. The highest BCUT2D eigenvalue weighted by Gasteiger charge is 2.16. The predicted octanol–water partition coefficient (Wildman–Crippen LogP) is 1.43. The molecule has 9 nitrogen and oxygen atoms in total. The molecule has 0 heterocycles. The Morgan fingerprint density at radius 1 is 0.903 bits per heavy atom. The van der Waals surface area contributed by atoms with Crippen molar-refractivity contribution in [3.63, 3.8) is 0 Å². The number of amides is 4. The Morgan fingerprint density at radius 3 is 2.06 bits per heavy atom. The van der Waals surface area contributed by atoms with Crippen LogP contribution in [0.5, 0.6) is 0 Å². The SMILES string of the molecule is C[C@H](NC(=O)CNC(=O)c1ccc(NC(=O)CI)cc1)C(=O)Nc1ccc(CO)cc1. The summed E-state index contributed by atoms with van der Waals surface area (Å²) in [6.45, 7) is 1.14. The van der Waals surface area contributed by atoms with Crippen molar-refractivity contribution in [3.8, 4) is 0 Å². The number of hydrogen-bond acceptors (Lipinski definition) is 5. The summed E-state index contributed by atoms with van der Waals surface area (Å²) in [6.07, 6.45) is 0. The van der Waals surface area contributed by atoms with Crippen LogP contribution < -0.4 is 21.3 Å². The molecule has 2 aromatic rings. The van der Waals surface area contributed by atoms with Crippen molar-refractivity contribution in [2.24, 2.45) is 0 Å². The highest BCUT2D eigenvalue weighted by Crippen LogP contribution is 2.11. The highest BCUT2D eigenvalue weighted by atomic mass is 127. The van der Waals surface area contributed by atoms with Crippen LogP contribution in [0.25, 0.3) is 0 Å². The minimum absolute atomic E-state index is 0.0916. The molecule has 4 amide bonds. The second kappa shape index (κ2) is 12.0. The lowest BCUT2D eigenvalue weighted by molar-refractivity contribution is -0.125. The number of hydrogen-bond donors (Lipinski definition) is 5. The molecule has 0 saturated heterocycles. The molecule has 0 saturated carbocycles. The minimum atomic E-state index is -0.817. The average Bonchev–Trinajstić information content (AvgIpc) is 2.78. The van der Waals surface area contributed by atoms with Gasteiger partial charge in [-0.2, -0.15) is 0 Å². The Labute approximate surface area is 193 Å². The first-order valence-electron chi connectivity index (χ1n) is 9.36. The summed E-state index contributed by atoms with van der Waals surface area (Å²) in [5.74, 6) is -1.53. The summed E-state index contributed by atoms with van der Waals surface area (Å²) in [4.78, 5) is 47.8. The van der Waals surface area contributed by atoms with E-state index in [9.17, 15) is 19.2 Å². The Balaban J connectivity index is 1.78. The molecule has 2 aromatic carbocycles. The van der Waals surface area contributed by atoms with E-state index in [0.29, 0.717) is 21.4 Å². The molecule has 31 heavy (non-hydrogen) atoms. The van der Waals surface area contributed by atoms with Crippen LogP contribution >= 0.6 is 22.6 Å². The summed E-state index contributed by atoms with van der Waals surface area (Å²) in [6, 6.07) is 12.1. The van der Waals surface area contributed by atoms with E-state index >= 15 is 0 Å². The fraction of sp³-hybridized carbons (Fsp3) is 0.238. The van der Waals surface area contributed by atoms with Crippen molar-refractivity contribution in [1.82, 2.24) is 10.6 Å². The van der Waals surface area contributed by atoms with Gasteiger partial charge < -0.3 is 26.4 Å². The van der Waals surface area contributed by atoms with Gasteiger partial charge in [-0.15, -0.1) is 0 Å². The maximum absolute atomic E-state index is 12.2. The van der Waals surface area contributed by atoms with E-state index in [2.05, 4.69) is 21.3 Å². The maximum Gasteiger partial charge on any atom is 0.251 e. The van der Waals surface area contributed by atoms with Gasteiger partial charge in [0.25, 0.3) is 5.91 Å². The second-order valence-electron chi connectivity index (χ2n) is 6.58. The molecule has 0 radical (unpaired) electrons. The van der Waals surface area contributed by atoms with Crippen LogP contribution in [0.3, 0.4) is 0 Å². The predicted molar refractivity (Wildman–Crippen MR) is 125 cm³/mol. The molecule has 0 fully saturated rings. The highest BCUT2D eigenvalue weighted by molar-refractivity contribution is 14.1. The number of aliphatic hydroxyl groups excluding tert-OH is 1. The Hall–Kier alpha value is -2.99. The summed E-state index contributed by atoms with van der Waals surface area (Å²) in [7, 11) is 0. The molecule has 0 aliphatic rings. The molecule has 2 rings (SSSR count). The zero-order chi connectivity index (χ0) is 22.8. The van der Waals surface area contributed by atoms with Crippen molar-refractivity contribution in [2.45, 2.75) is 19.6 Å². The monoisotopic (exact) mass is 538 g/mol. The van der Waals surface area contributed by atoms with Gasteiger partial charge in [-0.3, -0.25) is 19.2 Å². The third-order valence-corrected chi connectivity index (χ3v) is 4.83. The van der Waals surface area contributed by atoms with Crippen LogP contribution in [0, 0.1) is 0 Å². The van der Waals surface area contributed by atoms with E-state index in [0.717, 1.165) is 5.56 Å². The van der Waals surface area contributed by atoms with E-state index < -0.39 is 23.8 Å². The number of carbonyl (C=O) groups excluding carboxylic acids is 4. The number of aliphatic hydroxyl groups is 1. The molecule has 0 aliphatic heterocycles. The van der Waals surface area contributed by atoms with Gasteiger partial charge in [0.15, 0.2) is 0 Å². The van der Waals surface area contributed by atoms with Crippen LogP contribution in [0.15, 0.2) is 48.5 Å². The zero-order valence-electron chi connectivity index (χ0n) is 16.8. The number of carbonyl (C=O) groups is 4. The summed E-state index contributed by atoms with van der Waals surface area (Å²) >= 11 is 1.95. The topological polar surface area (TPSA) is 137 Å². The number of rotatable bonds is 9. The van der Waals surface area contributed by atoms with E-state index in [1.165, 1.54) is 19.1 Å². The van der Waals surface area contributed by atoms with Crippen molar-refractivity contribution in [1.29, 1.82) is 0 Å². The molecule has 0 unspecified atom stereocenters. The molecule has 0 spiro atoms. The van der Waals surface area contributed by atoms with Crippen molar-refractivity contribution < 1.29 is 24.3 Å². The summed E-state index contributed by atoms with van der Waals surface area (Å²) in [5.41, 5.74) is 2.16. The van der Waals surface area contributed by atoms with E-state index in [1.807, 2.05) is 22.6 Å². The van der Waals surface area contributed by atoms with Gasteiger partial charge in [-0.05, 0) is 48.9 Å². The third-order valence-electron chi connectivity index (χ3n) is 4.14. The molecule has 1 atom stereocenters. The average molecular weight is 538 g/mol. The standard InChI is InChI=1S/C21H23IN4O5/c1-13(20(30)26-17-6-2-14(12-27)3-7-17)24-19(29)11-23-21(31)15-4-8-16(9-5-15)25-18(28)10-22/h2-9,13,27H,10-12H2,1H3,(H,23,31)(H,24,29)(H,25,28)(H,26,30)/t13-/m0/s1. The molecule has 0 aromatic heterocycles. The molecule has 0 aliphatic carbocycles. The van der Waals surface area contributed by atoms with E-state index in [-0.39, 0.29) is 19.1 Å². The summed E-state index contributed by atoms with van der Waals surface area (Å²) < 4.78 is 0.321. The summed E-state index contributed by atoms with van der Waals surface area (Å²) in [5, 5.41) is 19.4. The smallest absolute Gasteiger partial charge is 0.251 e. The van der Waals surface area contributed by atoms with Gasteiger partial charge in [0, 0.05) is 16.9 Å². The Kier molecular flexibility index (Phi) is 9.40. The lowest BCUT2D eigenvalue weighted by Gasteiger charge is -2.15. The Bertz CT molecular complexity index is 932. The van der Waals surface area contributed by atoms with Gasteiger partial charge in [0.2, 0.25) is 17.7 Å². The first kappa shape index (κ1) is 24.3. The number of nitrogens with one attached hydrogen (secondary N) is 4. The first-order valence-corrected chi connectivity index (χ1v) is 10.9.